The zero-order valence-corrected chi connectivity index (χ0v) is 12.5. The molecule has 5 nitrogen and oxygen atoms in total. The number of aromatic nitrogens is 3. The van der Waals surface area contributed by atoms with Crippen molar-refractivity contribution in [1.29, 1.82) is 0 Å². The molecule has 1 aromatic heterocycles. The van der Waals surface area contributed by atoms with Gasteiger partial charge in [0.2, 0.25) is 0 Å². The first kappa shape index (κ1) is 15.4. The number of halogens is 1. The Morgan fingerprint density at radius 2 is 2.10 bits per heavy atom. The van der Waals surface area contributed by atoms with Crippen LogP contribution in [0, 0.1) is 5.82 Å². The van der Waals surface area contributed by atoms with Crippen LogP contribution in [0.5, 0.6) is 0 Å². The number of nitrogens with zero attached hydrogens (tertiary/aromatic N) is 4. The Balaban J connectivity index is 2.24. The van der Waals surface area contributed by atoms with E-state index in [0.29, 0.717) is 25.3 Å². The van der Waals surface area contributed by atoms with Gasteiger partial charge in [0.1, 0.15) is 18.0 Å². The summed E-state index contributed by atoms with van der Waals surface area (Å²) in [4.78, 5) is 6.26. The zero-order valence-electron chi connectivity index (χ0n) is 12.5. The van der Waals surface area contributed by atoms with Crippen LogP contribution in [0.3, 0.4) is 0 Å². The molecule has 0 unspecified atom stereocenters. The van der Waals surface area contributed by atoms with Gasteiger partial charge in [0.25, 0.3) is 0 Å². The molecule has 1 heterocycles. The molecule has 0 aliphatic carbocycles. The van der Waals surface area contributed by atoms with Gasteiger partial charge in [0, 0.05) is 12.6 Å². The zero-order chi connectivity index (χ0) is 15.2. The maximum atomic E-state index is 14.0. The molecule has 2 aromatic rings. The van der Waals surface area contributed by atoms with E-state index in [-0.39, 0.29) is 11.9 Å². The number of anilines is 1. The molecule has 114 valence electrons. The van der Waals surface area contributed by atoms with E-state index in [1.165, 1.54) is 12.4 Å². The van der Waals surface area contributed by atoms with Crippen molar-refractivity contribution in [2.24, 2.45) is 5.73 Å². The molecular weight excluding hydrogens is 269 g/mol. The summed E-state index contributed by atoms with van der Waals surface area (Å²) in [6, 6.07) is 7.00. The van der Waals surface area contributed by atoms with Crippen molar-refractivity contribution in [3.63, 3.8) is 0 Å². The lowest BCUT2D eigenvalue weighted by Gasteiger charge is -2.25. The van der Waals surface area contributed by atoms with E-state index in [1.54, 1.807) is 12.1 Å². The summed E-state index contributed by atoms with van der Waals surface area (Å²) < 4.78 is 15.9. The number of hydrogen-bond acceptors (Lipinski definition) is 4. The molecule has 0 aliphatic heterocycles. The number of nitrogens with two attached hydrogens (primary N) is 1. The maximum absolute atomic E-state index is 14.0. The Labute approximate surface area is 124 Å². The summed E-state index contributed by atoms with van der Waals surface area (Å²) in [5.74, 6) is 0.593. The van der Waals surface area contributed by atoms with Crippen LogP contribution in [-0.4, -0.2) is 27.9 Å². The Bertz CT molecular complexity index is 567. The average Bonchev–Trinajstić information content (AvgIpc) is 2.92. The normalized spacial score (nSPS) is 11.1. The van der Waals surface area contributed by atoms with Gasteiger partial charge in [0.05, 0.1) is 12.2 Å². The van der Waals surface area contributed by atoms with E-state index in [0.717, 1.165) is 12.2 Å². The number of para-hydroxylation sites is 1. The van der Waals surface area contributed by atoms with Gasteiger partial charge >= 0.3 is 0 Å². The highest BCUT2D eigenvalue weighted by Gasteiger charge is 2.15. The van der Waals surface area contributed by atoms with Crippen molar-refractivity contribution in [1.82, 2.24) is 14.8 Å². The molecule has 2 rings (SSSR count). The lowest BCUT2D eigenvalue weighted by atomic mass is 10.2. The van der Waals surface area contributed by atoms with Crippen LogP contribution in [0.1, 0.15) is 32.1 Å². The fourth-order valence-corrected chi connectivity index (χ4v) is 2.26. The Morgan fingerprint density at radius 1 is 1.33 bits per heavy atom. The van der Waals surface area contributed by atoms with Crippen LogP contribution < -0.4 is 10.6 Å². The largest absolute Gasteiger partial charge is 0.362 e. The summed E-state index contributed by atoms with van der Waals surface area (Å²) in [6.07, 6.45) is 2.34. The molecule has 0 aliphatic rings. The topological polar surface area (TPSA) is 60.0 Å². The fraction of sp³-hybridized carbons (Fsp3) is 0.467. The third-order valence-electron chi connectivity index (χ3n) is 3.29. The van der Waals surface area contributed by atoms with Crippen LogP contribution >= 0.6 is 0 Å². The molecule has 2 N–H and O–H groups in total. The molecule has 0 bridgehead atoms. The molecule has 0 atom stereocenters. The van der Waals surface area contributed by atoms with Crippen molar-refractivity contribution in [2.75, 3.05) is 18.0 Å². The van der Waals surface area contributed by atoms with Crippen LogP contribution in [0.25, 0.3) is 0 Å². The fourth-order valence-electron chi connectivity index (χ4n) is 2.26. The van der Waals surface area contributed by atoms with Gasteiger partial charge in [-0.25, -0.2) is 14.1 Å². The van der Waals surface area contributed by atoms with E-state index in [2.05, 4.69) is 10.1 Å². The molecule has 0 saturated heterocycles. The summed E-state index contributed by atoms with van der Waals surface area (Å²) in [5, 5.41) is 4.23. The number of hydrogen-bond donors (Lipinski definition) is 1. The van der Waals surface area contributed by atoms with Crippen LogP contribution in [0.15, 0.2) is 30.6 Å². The summed E-state index contributed by atoms with van der Waals surface area (Å²) in [5.41, 5.74) is 6.16. The molecule has 0 saturated carbocycles. The summed E-state index contributed by atoms with van der Waals surface area (Å²) in [6.45, 7) is 5.86. The van der Waals surface area contributed by atoms with Gasteiger partial charge < -0.3 is 10.6 Å². The second-order valence-corrected chi connectivity index (χ2v) is 5.23. The smallest absolute Gasteiger partial charge is 0.146 e. The van der Waals surface area contributed by atoms with E-state index in [4.69, 9.17) is 5.73 Å². The van der Waals surface area contributed by atoms with Crippen LogP contribution in [-0.2, 0) is 6.54 Å². The highest BCUT2D eigenvalue weighted by molar-refractivity contribution is 5.47. The SMILES string of the molecule is CC(C)n1ncnc1CN(CCCN)c1ccccc1F. The minimum atomic E-state index is -0.231. The first-order valence-electron chi connectivity index (χ1n) is 7.21. The molecule has 21 heavy (non-hydrogen) atoms. The standard InChI is InChI=1S/C15H22FN5/c1-12(2)21-15(18-11-19-21)10-20(9-5-8-17)14-7-4-3-6-13(14)16/h3-4,6-7,11-12H,5,8-10,17H2,1-2H3. The van der Waals surface area contributed by atoms with Crippen molar-refractivity contribution in [2.45, 2.75) is 32.9 Å². The molecule has 0 radical (unpaired) electrons. The molecule has 6 heteroatoms. The maximum Gasteiger partial charge on any atom is 0.146 e. The quantitative estimate of drug-likeness (QED) is 0.850. The molecule has 0 fully saturated rings. The van der Waals surface area contributed by atoms with Crippen molar-refractivity contribution < 1.29 is 4.39 Å². The average molecular weight is 291 g/mol. The Morgan fingerprint density at radius 3 is 2.76 bits per heavy atom. The molecule has 0 spiro atoms. The van der Waals surface area contributed by atoms with E-state index >= 15 is 0 Å². The number of rotatable bonds is 7. The predicted octanol–water partition coefficient (Wildman–Crippen LogP) is 2.35. The predicted molar refractivity (Wildman–Crippen MR) is 81.5 cm³/mol. The molecule has 1 aromatic carbocycles. The lowest BCUT2D eigenvalue weighted by molar-refractivity contribution is 0.498. The van der Waals surface area contributed by atoms with E-state index < -0.39 is 0 Å². The Hall–Kier alpha value is -1.95. The summed E-state index contributed by atoms with van der Waals surface area (Å²) >= 11 is 0. The minimum absolute atomic E-state index is 0.222. The van der Waals surface area contributed by atoms with Crippen molar-refractivity contribution >= 4 is 5.69 Å². The van der Waals surface area contributed by atoms with Gasteiger partial charge in [-0.1, -0.05) is 12.1 Å². The lowest BCUT2D eigenvalue weighted by Crippen LogP contribution is -2.28. The van der Waals surface area contributed by atoms with Crippen LogP contribution in [0.4, 0.5) is 10.1 Å². The van der Waals surface area contributed by atoms with Gasteiger partial charge in [-0.05, 0) is 38.9 Å². The third kappa shape index (κ3) is 3.78. The minimum Gasteiger partial charge on any atom is -0.362 e. The van der Waals surface area contributed by atoms with Gasteiger partial charge in [-0.3, -0.25) is 0 Å². The molecule has 0 amide bonds. The molecular formula is C15H22FN5. The van der Waals surface area contributed by atoms with Crippen molar-refractivity contribution in [3.05, 3.63) is 42.2 Å². The van der Waals surface area contributed by atoms with E-state index in [1.807, 2.05) is 29.5 Å². The summed E-state index contributed by atoms with van der Waals surface area (Å²) in [7, 11) is 0. The first-order valence-corrected chi connectivity index (χ1v) is 7.21. The number of benzene rings is 1. The first-order chi connectivity index (χ1) is 10.1. The van der Waals surface area contributed by atoms with E-state index in [9.17, 15) is 4.39 Å². The van der Waals surface area contributed by atoms with Gasteiger partial charge in [-0.2, -0.15) is 5.10 Å². The highest BCUT2D eigenvalue weighted by Crippen LogP contribution is 2.21. The van der Waals surface area contributed by atoms with Gasteiger partial charge in [0.15, 0.2) is 0 Å². The van der Waals surface area contributed by atoms with Gasteiger partial charge in [-0.15, -0.1) is 0 Å². The third-order valence-corrected chi connectivity index (χ3v) is 3.29. The van der Waals surface area contributed by atoms with Crippen molar-refractivity contribution in [3.8, 4) is 0 Å². The monoisotopic (exact) mass is 291 g/mol. The van der Waals surface area contributed by atoms with Crippen LogP contribution in [0.2, 0.25) is 0 Å². The Kier molecular flexibility index (Phi) is 5.27. The second-order valence-electron chi connectivity index (χ2n) is 5.23. The second kappa shape index (κ2) is 7.17. The highest BCUT2D eigenvalue weighted by atomic mass is 19.1.